The van der Waals surface area contributed by atoms with Crippen molar-refractivity contribution in [3.63, 3.8) is 0 Å². The highest BCUT2D eigenvalue weighted by molar-refractivity contribution is 6.20. The van der Waals surface area contributed by atoms with Gasteiger partial charge in [0.25, 0.3) is 0 Å². The fourth-order valence-corrected chi connectivity index (χ4v) is 1.34. The molecule has 0 amide bonds. The van der Waals surface area contributed by atoms with Crippen LogP contribution in [-0.2, 0) is 4.79 Å². The van der Waals surface area contributed by atoms with Gasteiger partial charge >= 0.3 is 0 Å². The molecule has 0 saturated heterocycles. The predicted octanol–water partition coefficient (Wildman–Crippen LogP) is 1.67. The second kappa shape index (κ2) is 3.96. The third kappa shape index (κ3) is 2.13. The molecule has 3 heteroatoms. The molecular formula is C11H13NO2. The maximum atomic E-state index is 11.3. The van der Waals surface area contributed by atoms with E-state index in [-0.39, 0.29) is 11.5 Å². The summed E-state index contributed by atoms with van der Waals surface area (Å²) in [4.78, 5) is 11.3. The molecule has 0 aliphatic rings. The maximum Gasteiger partial charge on any atom is 0.162 e. The molecule has 0 spiro atoms. The number of hydrogen-bond acceptors (Lipinski definition) is 3. The summed E-state index contributed by atoms with van der Waals surface area (Å²) >= 11 is 0. The lowest BCUT2D eigenvalue weighted by Gasteiger charge is -2.06. The largest absolute Gasteiger partial charge is 0.508 e. The Morgan fingerprint density at radius 3 is 2.07 bits per heavy atom. The third-order valence-corrected chi connectivity index (χ3v) is 1.90. The van der Waals surface area contributed by atoms with E-state index >= 15 is 0 Å². The van der Waals surface area contributed by atoms with Crippen LogP contribution in [0.2, 0.25) is 0 Å². The number of phenols is 1. The first-order valence-electron chi connectivity index (χ1n) is 4.29. The molecule has 1 aromatic rings. The molecule has 0 atom stereocenters. The van der Waals surface area contributed by atoms with E-state index < -0.39 is 0 Å². The minimum Gasteiger partial charge on any atom is -0.508 e. The van der Waals surface area contributed by atoms with E-state index in [9.17, 15) is 4.79 Å². The molecule has 0 aromatic heterocycles. The minimum absolute atomic E-state index is 0.0734. The van der Waals surface area contributed by atoms with Crippen LogP contribution in [-0.4, -0.2) is 10.9 Å². The standard InChI is InChI=1S/C11H13NO2/c1-7(12)11(8(2)13)9-3-5-10(14)6-4-9/h3-6,14H,12H2,1-2H3/b11-7+. The number of benzene rings is 1. The molecule has 0 fully saturated rings. The Kier molecular flexibility index (Phi) is 2.92. The van der Waals surface area contributed by atoms with E-state index in [0.717, 1.165) is 5.56 Å². The fraction of sp³-hybridized carbons (Fsp3) is 0.182. The molecule has 0 aliphatic heterocycles. The topological polar surface area (TPSA) is 63.3 Å². The predicted molar refractivity (Wildman–Crippen MR) is 55.6 cm³/mol. The van der Waals surface area contributed by atoms with Crippen LogP contribution in [0.25, 0.3) is 5.57 Å². The summed E-state index contributed by atoms with van der Waals surface area (Å²) in [7, 11) is 0. The van der Waals surface area contributed by atoms with Crippen molar-refractivity contribution in [3.05, 3.63) is 35.5 Å². The monoisotopic (exact) mass is 191 g/mol. The van der Waals surface area contributed by atoms with Crippen molar-refractivity contribution in [2.75, 3.05) is 0 Å². The van der Waals surface area contributed by atoms with Gasteiger partial charge in [-0.3, -0.25) is 4.79 Å². The average Bonchev–Trinajstić information content (AvgIpc) is 2.07. The van der Waals surface area contributed by atoms with Gasteiger partial charge < -0.3 is 10.8 Å². The van der Waals surface area contributed by atoms with E-state index in [2.05, 4.69) is 0 Å². The van der Waals surface area contributed by atoms with E-state index in [1.807, 2.05) is 0 Å². The van der Waals surface area contributed by atoms with E-state index in [4.69, 9.17) is 10.8 Å². The fourth-order valence-electron chi connectivity index (χ4n) is 1.34. The maximum absolute atomic E-state index is 11.3. The quantitative estimate of drug-likeness (QED) is 0.699. The summed E-state index contributed by atoms with van der Waals surface area (Å²) in [5, 5.41) is 9.08. The Balaban J connectivity index is 3.21. The number of rotatable bonds is 2. The van der Waals surface area contributed by atoms with Crippen LogP contribution in [0.4, 0.5) is 0 Å². The van der Waals surface area contributed by atoms with Crippen molar-refractivity contribution < 1.29 is 9.90 Å². The Labute approximate surface area is 82.9 Å². The van der Waals surface area contributed by atoms with Crippen molar-refractivity contribution in [1.82, 2.24) is 0 Å². The average molecular weight is 191 g/mol. The molecule has 3 N–H and O–H groups in total. The van der Waals surface area contributed by atoms with E-state index in [0.29, 0.717) is 11.3 Å². The van der Waals surface area contributed by atoms with Gasteiger partial charge in [0.2, 0.25) is 0 Å². The van der Waals surface area contributed by atoms with Gasteiger partial charge in [-0.05, 0) is 31.5 Å². The van der Waals surface area contributed by atoms with Gasteiger partial charge in [-0.25, -0.2) is 0 Å². The molecule has 0 heterocycles. The number of aromatic hydroxyl groups is 1. The van der Waals surface area contributed by atoms with Crippen LogP contribution in [0.15, 0.2) is 30.0 Å². The number of nitrogens with two attached hydrogens (primary N) is 1. The molecule has 0 aliphatic carbocycles. The molecular weight excluding hydrogens is 178 g/mol. The second-order valence-electron chi connectivity index (χ2n) is 3.16. The lowest BCUT2D eigenvalue weighted by Crippen LogP contribution is -2.04. The van der Waals surface area contributed by atoms with Crippen LogP contribution in [0, 0.1) is 0 Å². The first kappa shape index (κ1) is 10.3. The summed E-state index contributed by atoms with van der Waals surface area (Å²) in [6, 6.07) is 6.40. The number of hydrogen-bond donors (Lipinski definition) is 2. The van der Waals surface area contributed by atoms with Gasteiger partial charge in [0.05, 0.1) is 0 Å². The summed E-state index contributed by atoms with van der Waals surface area (Å²) < 4.78 is 0. The molecule has 74 valence electrons. The number of phenolic OH excluding ortho intramolecular Hbond substituents is 1. The van der Waals surface area contributed by atoms with Gasteiger partial charge in [0.1, 0.15) is 5.75 Å². The molecule has 0 bridgehead atoms. The summed E-state index contributed by atoms with van der Waals surface area (Å²) in [6.45, 7) is 3.15. The first-order valence-corrected chi connectivity index (χ1v) is 4.29. The SMILES string of the molecule is CC(=O)/C(=C(/C)N)c1ccc(O)cc1. The summed E-state index contributed by atoms with van der Waals surface area (Å²) in [5.74, 6) is 0.0991. The van der Waals surface area contributed by atoms with Crippen LogP contribution < -0.4 is 5.73 Å². The summed E-state index contributed by atoms with van der Waals surface area (Å²) in [6.07, 6.45) is 0. The van der Waals surface area contributed by atoms with E-state index in [1.165, 1.54) is 19.1 Å². The molecule has 0 unspecified atom stereocenters. The van der Waals surface area contributed by atoms with Crippen LogP contribution >= 0.6 is 0 Å². The van der Waals surface area contributed by atoms with Crippen molar-refractivity contribution in [1.29, 1.82) is 0 Å². The van der Waals surface area contributed by atoms with Crippen molar-refractivity contribution >= 4 is 11.4 Å². The molecule has 1 aromatic carbocycles. The molecule has 14 heavy (non-hydrogen) atoms. The van der Waals surface area contributed by atoms with Gasteiger partial charge in [-0.2, -0.15) is 0 Å². The molecule has 0 radical (unpaired) electrons. The highest BCUT2D eigenvalue weighted by Crippen LogP contribution is 2.20. The lowest BCUT2D eigenvalue weighted by molar-refractivity contribution is -0.111. The zero-order valence-corrected chi connectivity index (χ0v) is 8.24. The van der Waals surface area contributed by atoms with Crippen molar-refractivity contribution in [2.24, 2.45) is 5.73 Å². The highest BCUT2D eigenvalue weighted by atomic mass is 16.3. The van der Waals surface area contributed by atoms with Gasteiger partial charge in [0, 0.05) is 11.3 Å². The highest BCUT2D eigenvalue weighted by Gasteiger charge is 2.09. The van der Waals surface area contributed by atoms with Gasteiger partial charge in [-0.1, -0.05) is 12.1 Å². The smallest absolute Gasteiger partial charge is 0.162 e. The number of Topliss-reactive ketones (excluding diaryl/α,β-unsaturated/α-hetero) is 1. The van der Waals surface area contributed by atoms with Gasteiger partial charge in [-0.15, -0.1) is 0 Å². The Morgan fingerprint density at radius 2 is 1.71 bits per heavy atom. The van der Waals surface area contributed by atoms with Crippen LogP contribution in [0.1, 0.15) is 19.4 Å². The zero-order valence-electron chi connectivity index (χ0n) is 8.24. The second-order valence-corrected chi connectivity index (χ2v) is 3.16. The third-order valence-electron chi connectivity index (χ3n) is 1.90. The Morgan fingerprint density at radius 1 is 1.21 bits per heavy atom. The Bertz CT molecular complexity index is 373. The first-order chi connectivity index (χ1) is 6.52. The number of carbonyl (C=O) groups is 1. The van der Waals surface area contributed by atoms with Crippen molar-refractivity contribution in [3.8, 4) is 5.75 Å². The van der Waals surface area contributed by atoms with Gasteiger partial charge in [0.15, 0.2) is 5.78 Å². The minimum atomic E-state index is -0.0734. The van der Waals surface area contributed by atoms with Crippen molar-refractivity contribution in [2.45, 2.75) is 13.8 Å². The Hall–Kier alpha value is -1.77. The molecule has 0 saturated carbocycles. The zero-order chi connectivity index (χ0) is 10.7. The van der Waals surface area contributed by atoms with Crippen LogP contribution in [0.3, 0.4) is 0 Å². The normalized spacial score (nSPS) is 12.1. The number of ketones is 1. The molecule has 1 rings (SSSR count). The number of allylic oxidation sites excluding steroid dienone is 2. The molecule has 3 nitrogen and oxygen atoms in total. The lowest BCUT2D eigenvalue weighted by atomic mass is 10.0. The van der Waals surface area contributed by atoms with E-state index in [1.54, 1.807) is 19.1 Å². The van der Waals surface area contributed by atoms with Crippen LogP contribution in [0.5, 0.6) is 5.75 Å². The number of carbonyl (C=O) groups excluding carboxylic acids is 1. The summed E-state index contributed by atoms with van der Waals surface area (Å²) in [5.41, 5.74) is 7.33.